The maximum absolute atomic E-state index is 11.3. The zero-order valence-corrected chi connectivity index (χ0v) is 11.0. The predicted molar refractivity (Wildman–Crippen MR) is 71.6 cm³/mol. The highest BCUT2D eigenvalue weighted by atomic mass is 32.2. The lowest BCUT2D eigenvalue weighted by Gasteiger charge is -2.07. The maximum Gasteiger partial charge on any atom is 0.243 e. The minimum absolute atomic E-state index is 0.0319. The molecule has 0 bridgehead atoms. The Morgan fingerprint density at radius 1 is 1.33 bits per heavy atom. The Labute approximate surface area is 107 Å². The molecule has 0 aliphatic carbocycles. The van der Waals surface area contributed by atoms with Gasteiger partial charge in [0.2, 0.25) is 15.9 Å². The molecule has 1 aromatic rings. The van der Waals surface area contributed by atoms with E-state index in [4.69, 9.17) is 0 Å². The molecule has 1 amide bonds. The fourth-order valence-electron chi connectivity index (χ4n) is 1.20. The van der Waals surface area contributed by atoms with Gasteiger partial charge in [0, 0.05) is 12.2 Å². The fraction of sp³-hybridized carbons (Fsp3) is 0.250. The molecule has 1 rings (SSSR count). The number of carbonyl (C=O) groups excluding carboxylic acids is 1. The van der Waals surface area contributed by atoms with E-state index in [1.807, 2.05) is 0 Å². The van der Waals surface area contributed by atoms with Crippen LogP contribution < -0.4 is 10.0 Å². The summed E-state index contributed by atoms with van der Waals surface area (Å²) >= 11 is 0. The summed E-state index contributed by atoms with van der Waals surface area (Å²) in [5.74, 6) is -0.213. The molecule has 18 heavy (non-hydrogen) atoms. The second-order valence-corrected chi connectivity index (χ2v) is 5.64. The molecule has 98 valence electrons. The highest BCUT2D eigenvalue weighted by Crippen LogP contribution is 2.11. The van der Waals surface area contributed by atoms with Gasteiger partial charge in [-0.3, -0.25) is 9.52 Å². The summed E-state index contributed by atoms with van der Waals surface area (Å²) in [7, 11) is -3.25. The Bertz CT molecular complexity index is 521. The SMILES string of the molecule is C=CC(=O)NCc1ccc(NS(=O)(=O)CC)cc1. The predicted octanol–water partition coefficient (Wildman–Crippen LogP) is 1.25. The number of carbonyl (C=O) groups is 1. The van der Waals surface area contributed by atoms with Gasteiger partial charge in [0.05, 0.1) is 5.75 Å². The van der Waals surface area contributed by atoms with E-state index in [1.165, 1.54) is 6.08 Å². The smallest absolute Gasteiger partial charge is 0.243 e. The molecule has 0 aliphatic rings. The van der Waals surface area contributed by atoms with Gasteiger partial charge < -0.3 is 5.32 Å². The van der Waals surface area contributed by atoms with E-state index in [2.05, 4.69) is 16.6 Å². The van der Waals surface area contributed by atoms with Gasteiger partial charge in [0.1, 0.15) is 0 Å². The lowest BCUT2D eigenvalue weighted by atomic mass is 10.2. The largest absolute Gasteiger partial charge is 0.348 e. The number of hydrogen-bond acceptors (Lipinski definition) is 3. The summed E-state index contributed by atoms with van der Waals surface area (Å²) < 4.78 is 25.1. The van der Waals surface area contributed by atoms with Crippen molar-refractivity contribution in [3.63, 3.8) is 0 Å². The highest BCUT2D eigenvalue weighted by Gasteiger charge is 2.06. The topological polar surface area (TPSA) is 75.3 Å². The van der Waals surface area contributed by atoms with Crippen LogP contribution in [0, 0.1) is 0 Å². The van der Waals surface area contributed by atoms with Crippen LogP contribution in [0.3, 0.4) is 0 Å². The zero-order valence-electron chi connectivity index (χ0n) is 10.1. The van der Waals surface area contributed by atoms with Gasteiger partial charge in [0.25, 0.3) is 0 Å². The number of anilines is 1. The van der Waals surface area contributed by atoms with Crippen LogP contribution in [0.4, 0.5) is 5.69 Å². The van der Waals surface area contributed by atoms with Gasteiger partial charge in [-0.1, -0.05) is 18.7 Å². The van der Waals surface area contributed by atoms with Crippen LogP contribution in [0.1, 0.15) is 12.5 Å². The number of amides is 1. The molecule has 6 heteroatoms. The van der Waals surface area contributed by atoms with Gasteiger partial charge in [-0.15, -0.1) is 0 Å². The second kappa shape index (κ2) is 6.20. The van der Waals surface area contributed by atoms with Crippen molar-refractivity contribution in [3.05, 3.63) is 42.5 Å². The van der Waals surface area contributed by atoms with Crippen molar-refractivity contribution in [3.8, 4) is 0 Å². The van der Waals surface area contributed by atoms with Crippen molar-refractivity contribution in [1.82, 2.24) is 5.32 Å². The first-order valence-corrected chi connectivity index (χ1v) is 7.12. The minimum Gasteiger partial charge on any atom is -0.348 e. The number of sulfonamides is 1. The summed E-state index contributed by atoms with van der Waals surface area (Å²) in [5, 5.41) is 2.63. The van der Waals surface area contributed by atoms with Crippen LogP contribution in [0.15, 0.2) is 36.9 Å². The van der Waals surface area contributed by atoms with Crippen molar-refractivity contribution in [2.75, 3.05) is 10.5 Å². The average molecular weight is 268 g/mol. The van der Waals surface area contributed by atoms with Crippen molar-refractivity contribution in [1.29, 1.82) is 0 Å². The third kappa shape index (κ3) is 4.58. The maximum atomic E-state index is 11.3. The average Bonchev–Trinajstić information content (AvgIpc) is 2.37. The molecule has 0 spiro atoms. The second-order valence-electron chi connectivity index (χ2n) is 3.62. The van der Waals surface area contributed by atoms with Gasteiger partial charge in [-0.25, -0.2) is 8.42 Å². The molecule has 5 nitrogen and oxygen atoms in total. The molecule has 0 unspecified atom stereocenters. The molecule has 0 heterocycles. The van der Waals surface area contributed by atoms with Crippen molar-refractivity contribution < 1.29 is 13.2 Å². The van der Waals surface area contributed by atoms with Gasteiger partial charge in [-0.05, 0) is 30.7 Å². The van der Waals surface area contributed by atoms with Gasteiger partial charge in [-0.2, -0.15) is 0 Å². The summed E-state index contributed by atoms with van der Waals surface area (Å²) in [6.07, 6.45) is 1.20. The van der Waals surface area contributed by atoms with Crippen LogP contribution in [0.2, 0.25) is 0 Å². The number of rotatable bonds is 6. The summed E-state index contributed by atoms with van der Waals surface area (Å²) in [4.78, 5) is 11.0. The zero-order chi connectivity index (χ0) is 13.6. The third-order valence-corrected chi connectivity index (χ3v) is 3.57. The van der Waals surface area contributed by atoms with E-state index in [-0.39, 0.29) is 11.7 Å². The molecule has 0 radical (unpaired) electrons. The van der Waals surface area contributed by atoms with Crippen LogP contribution in [-0.2, 0) is 21.4 Å². The van der Waals surface area contributed by atoms with E-state index < -0.39 is 10.0 Å². The Hall–Kier alpha value is -1.82. The molecule has 0 atom stereocenters. The lowest BCUT2D eigenvalue weighted by Crippen LogP contribution is -2.20. The van der Waals surface area contributed by atoms with E-state index in [0.29, 0.717) is 12.2 Å². The minimum atomic E-state index is -3.25. The first kappa shape index (κ1) is 14.2. The molecule has 0 aromatic heterocycles. The number of nitrogens with one attached hydrogen (secondary N) is 2. The Morgan fingerprint density at radius 2 is 1.94 bits per heavy atom. The molecule has 2 N–H and O–H groups in total. The molecular weight excluding hydrogens is 252 g/mol. The fourth-order valence-corrected chi connectivity index (χ4v) is 1.84. The van der Waals surface area contributed by atoms with E-state index in [9.17, 15) is 13.2 Å². The van der Waals surface area contributed by atoms with Gasteiger partial charge in [0.15, 0.2) is 0 Å². The molecule has 0 fully saturated rings. The number of benzene rings is 1. The van der Waals surface area contributed by atoms with Crippen LogP contribution in [0.5, 0.6) is 0 Å². The van der Waals surface area contributed by atoms with Crippen molar-refractivity contribution in [2.24, 2.45) is 0 Å². The van der Waals surface area contributed by atoms with E-state index in [0.717, 1.165) is 5.56 Å². The van der Waals surface area contributed by atoms with Gasteiger partial charge >= 0.3 is 0 Å². The number of hydrogen-bond donors (Lipinski definition) is 2. The van der Waals surface area contributed by atoms with E-state index >= 15 is 0 Å². The van der Waals surface area contributed by atoms with Crippen LogP contribution in [0.25, 0.3) is 0 Å². The van der Waals surface area contributed by atoms with Crippen molar-refractivity contribution in [2.45, 2.75) is 13.5 Å². The summed E-state index contributed by atoms with van der Waals surface area (Å²) in [6, 6.07) is 6.80. The Balaban J connectivity index is 2.63. The van der Waals surface area contributed by atoms with E-state index in [1.54, 1.807) is 31.2 Å². The first-order valence-electron chi connectivity index (χ1n) is 5.46. The molecule has 0 saturated carbocycles. The Morgan fingerprint density at radius 3 is 2.44 bits per heavy atom. The normalized spacial score (nSPS) is 10.7. The standard InChI is InChI=1S/C12H16N2O3S/c1-3-12(15)13-9-10-5-7-11(8-6-10)14-18(16,17)4-2/h3,5-8,14H,1,4,9H2,2H3,(H,13,15). The van der Waals surface area contributed by atoms with Crippen molar-refractivity contribution >= 4 is 21.6 Å². The Kier molecular flexibility index (Phi) is 4.91. The quantitative estimate of drug-likeness (QED) is 0.762. The third-order valence-electron chi connectivity index (χ3n) is 2.26. The summed E-state index contributed by atoms with van der Waals surface area (Å²) in [6.45, 7) is 5.30. The van der Waals surface area contributed by atoms with Crippen LogP contribution >= 0.6 is 0 Å². The molecular formula is C12H16N2O3S. The lowest BCUT2D eigenvalue weighted by molar-refractivity contribution is -0.116. The molecule has 0 aliphatic heterocycles. The summed E-state index contributed by atoms with van der Waals surface area (Å²) in [5.41, 5.74) is 1.39. The molecule has 1 aromatic carbocycles. The first-order chi connectivity index (χ1) is 8.46. The molecule has 0 saturated heterocycles. The highest BCUT2D eigenvalue weighted by molar-refractivity contribution is 7.92. The van der Waals surface area contributed by atoms with Crippen LogP contribution in [-0.4, -0.2) is 20.1 Å². The monoisotopic (exact) mass is 268 g/mol.